The standard InChI is InChI=1S/C41H84NO7P/c1-3-5-7-9-11-13-15-17-18-19-20-21-22-23-24-26-28-30-32-34-41(43)49-40(39-48-50(44,45)47-37-35-42)38-46-36-33-31-29-27-25-16-14-12-10-8-6-4-2/h40H,3-39,42H2,1-2H3,(H,44,45). The van der Waals surface area contributed by atoms with Gasteiger partial charge in [0, 0.05) is 19.6 Å². The lowest BCUT2D eigenvalue weighted by Gasteiger charge is -2.20. The zero-order valence-electron chi connectivity index (χ0n) is 33.2. The van der Waals surface area contributed by atoms with Crippen molar-refractivity contribution >= 4 is 13.8 Å². The molecule has 0 aliphatic rings. The Balaban J connectivity index is 3.95. The van der Waals surface area contributed by atoms with E-state index in [-0.39, 0.29) is 32.3 Å². The van der Waals surface area contributed by atoms with Crippen LogP contribution in [0.2, 0.25) is 0 Å². The maximum Gasteiger partial charge on any atom is 0.472 e. The van der Waals surface area contributed by atoms with E-state index in [1.807, 2.05) is 0 Å². The highest BCUT2D eigenvalue weighted by atomic mass is 31.2. The topological polar surface area (TPSA) is 117 Å². The van der Waals surface area contributed by atoms with Gasteiger partial charge in [0.25, 0.3) is 0 Å². The second-order valence-corrected chi connectivity index (χ2v) is 16.0. The van der Waals surface area contributed by atoms with Gasteiger partial charge in [-0.25, -0.2) is 4.57 Å². The van der Waals surface area contributed by atoms with E-state index in [1.54, 1.807) is 0 Å². The van der Waals surface area contributed by atoms with E-state index in [4.69, 9.17) is 24.3 Å². The van der Waals surface area contributed by atoms with E-state index in [0.717, 1.165) is 32.1 Å². The lowest BCUT2D eigenvalue weighted by Crippen LogP contribution is -2.28. The number of hydrogen-bond donors (Lipinski definition) is 2. The van der Waals surface area contributed by atoms with Crippen LogP contribution in [0.3, 0.4) is 0 Å². The molecule has 0 spiro atoms. The monoisotopic (exact) mass is 734 g/mol. The zero-order valence-corrected chi connectivity index (χ0v) is 34.1. The zero-order chi connectivity index (χ0) is 36.6. The second-order valence-electron chi connectivity index (χ2n) is 14.6. The SMILES string of the molecule is CCCCCCCCCCCCCCCCCCCCCC(=O)OC(COCCCCCCCCCCCCCC)COP(=O)(O)OCCN. The molecule has 0 fully saturated rings. The highest BCUT2D eigenvalue weighted by molar-refractivity contribution is 7.47. The Kier molecular flexibility index (Phi) is 39.3. The van der Waals surface area contributed by atoms with Crippen molar-refractivity contribution in [1.82, 2.24) is 0 Å². The van der Waals surface area contributed by atoms with Crippen molar-refractivity contribution in [1.29, 1.82) is 0 Å². The fraction of sp³-hybridized carbons (Fsp3) is 0.976. The summed E-state index contributed by atoms with van der Waals surface area (Å²) < 4.78 is 33.4. The third-order valence-electron chi connectivity index (χ3n) is 9.52. The minimum atomic E-state index is -4.26. The molecular formula is C41H84NO7P. The van der Waals surface area contributed by atoms with E-state index in [1.165, 1.54) is 167 Å². The molecule has 3 N–H and O–H groups in total. The summed E-state index contributed by atoms with van der Waals surface area (Å²) in [6.07, 6.45) is 39.7. The normalized spacial score (nSPS) is 13.4. The van der Waals surface area contributed by atoms with Gasteiger partial charge < -0.3 is 20.1 Å². The van der Waals surface area contributed by atoms with Gasteiger partial charge in [-0.05, 0) is 12.8 Å². The lowest BCUT2D eigenvalue weighted by atomic mass is 10.0. The van der Waals surface area contributed by atoms with Crippen LogP contribution in [0.5, 0.6) is 0 Å². The Bertz CT molecular complexity index is 742. The van der Waals surface area contributed by atoms with E-state index in [0.29, 0.717) is 13.0 Å². The molecule has 0 amide bonds. The summed E-state index contributed by atoms with van der Waals surface area (Å²) in [7, 11) is -4.26. The molecular weight excluding hydrogens is 649 g/mol. The Labute approximate surface area is 310 Å². The highest BCUT2D eigenvalue weighted by Crippen LogP contribution is 2.43. The Hall–Kier alpha value is -0.500. The first-order valence-electron chi connectivity index (χ1n) is 21.5. The number of nitrogens with two attached hydrogens (primary N) is 1. The van der Waals surface area contributed by atoms with Crippen LogP contribution in [0.1, 0.15) is 219 Å². The largest absolute Gasteiger partial charge is 0.472 e. The molecule has 0 aromatic carbocycles. The molecule has 0 aliphatic carbocycles. The summed E-state index contributed by atoms with van der Waals surface area (Å²) in [6, 6.07) is 0. The van der Waals surface area contributed by atoms with Gasteiger partial charge in [-0.15, -0.1) is 0 Å². The molecule has 50 heavy (non-hydrogen) atoms. The van der Waals surface area contributed by atoms with E-state index < -0.39 is 13.9 Å². The fourth-order valence-electron chi connectivity index (χ4n) is 6.35. The maximum absolute atomic E-state index is 12.6. The minimum absolute atomic E-state index is 0.0902. The molecule has 0 rings (SSSR count). The summed E-state index contributed by atoms with van der Waals surface area (Å²) in [6.45, 7) is 4.98. The first kappa shape index (κ1) is 49.5. The smallest absolute Gasteiger partial charge is 0.457 e. The van der Waals surface area contributed by atoms with E-state index >= 15 is 0 Å². The number of esters is 1. The number of rotatable bonds is 42. The van der Waals surface area contributed by atoms with Crippen LogP contribution in [-0.4, -0.2) is 49.9 Å². The van der Waals surface area contributed by atoms with Gasteiger partial charge in [0.2, 0.25) is 0 Å². The summed E-state index contributed by atoms with van der Waals surface area (Å²) in [5.74, 6) is -0.324. The van der Waals surface area contributed by atoms with Crippen molar-refractivity contribution < 1.29 is 32.8 Å². The van der Waals surface area contributed by atoms with Crippen molar-refractivity contribution in [2.45, 2.75) is 225 Å². The predicted molar refractivity (Wildman–Crippen MR) is 211 cm³/mol. The van der Waals surface area contributed by atoms with Gasteiger partial charge in [-0.2, -0.15) is 0 Å². The lowest BCUT2D eigenvalue weighted by molar-refractivity contribution is -0.154. The van der Waals surface area contributed by atoms with Gasteiger partial charge in [0.15, 0.2) is 0 Å². The van der Waals surface area contributed by atoms with Crippen molar-refractivity contribution in [2.24, 2.45) is 5.73 Å². The molecule has 0 heterocycles. The maximum atomic E-state index is 12.6. The molecule has 8 nitrogen and oxygen atoms in total. The Morgan fingerprint density at radius 2 is 0.880 bits per heavy atom. The quantitative estimate of drug-likeness (QED) is 0.0362. The van der Waals surface area contributed by atoms with Crippen LogP contribution in [0.15, 0.2) is 0 Å². The molecule has 0 bridgehead atoms. The fourth-order valence-corrected chi connectivity index (χ4v) is 7.12. The number of hydrogen-bond acceptors (Lipinski definition) is 7. The molecule has 0 aromatic heterocycles. The molecule has 2 unspecified atom stereocenters. The molecule has 0 radical (unpaired) electrons. The summed E-state index contributed by atoms with van der Waals surface area (Å²) in [4.78, 5) is 22.4. The van der Waals surface area contributed by atoms with Crippen LogP contribution in [0.25, 0.3) is 0 Å². The number of phosphoric ester groups is 1. The summed E-state index contributed by atoms with van der Waals surface area (Å²) in [5.41, 5.74) is 5.36. The first-order valence-corrected chi connectivity index (χ1v) is 23.0. The minimum Gasteiger partial charge on any atom is -0.457 e. The molecule has 0 aromatic rings. The van der Waals surface area contributed by atoms with Crippen LogP contribution in [-0.2, 0) is 27.9 Å². The molecule has 0 saturated heterocycles. The molecule has 0 aliphatic heterocycles. The highest BCUT2D eigenvalue weighted by Gasteiger charge is 2.25. The molecule has 300 valence electrons. The molecule has 0 saturated carbocycles. The van der Waals surface area contributed by atoms with E-state index in [9.17, 15) is 14.3 Å². The van der Waals surface area contributed by atoms with Crippen LogP contribution < -0.4 is 5.73 Å². The van der Waals surface area contributed by atoms with Crippen molar-refractivity contribution in [3.05, 3.63) is 0 Å². The number of carbonyl (C=O) groups excluding carboxylic acids is 1. The van der Waals surface area contributed by atoms with E-state index in [2.05, 4.69) is 13.8 Å². The summed E-state index contributed by atoms with van der Waals surface area (Å²) >= 11 is 0. The number of unbranched alkanes of at least 4 members (excludes halogenated alkanes) is 29. The average Bonchev–Trinajstić information content (AvgIpc) is 3.10. The van der Waals surface area contributed by atoms with Gasteiger partial charge in [0.1, 0.15) is 6.10 Å². The van der Waals surface area contributed by atoms with Crippen molar-refractivity contribution in [3.8, 4) is 0 Å². The molecule has 2 atom stereocenters. The predicted octanol–water partition coefficient (Wildman–Crippen LogP) is 12.5. The summed E-state index contributed by atoms with van der Waals surface area (Å²) in [5, 5.41) is 0. The Morgan fingerprint density at radius 3 is 1.26 bits per heavy atom. The van der Waals surface area contributed by atoms with Crippen LogP contribution >= 0.6 is 7.82 Å². The first-order chi connectivity index (χ1) is 24.4. The van der Waals surface area contributed by atoms with Gasteiger partial charge in [0.05, 0.1) is 19.8 Å². The number of phosphoric acid groups is 1. The van der Waals surface area contributed by atoms with Gasteiger partial charge >= 0.3 is 13.8 Å². The van der Waals surface area contributed by atoms with Gasteiger partial charge in [-0.3, -0.25) is 13.8 Å². The van der Waals surface area contributed by atoms with Crippen LogP contribution in [0.4, 0.5) is 0 Å². The van der Waals surface area contributed by atoms with Crippen molar-refractivity contribution in [2.75, 3.05) is 33.0 Å². The average molecular weight is 734 g/mol. The third-order valence-corrected chi connectivity index (χ3v) is 10.5. The Morgan fingerprint density at radius 1 is 0.520 bits per heavy atom. The third kappa shape index (κ3) is 38.7. The van der Waals surface area contributed by atoms with Gasteiger partial charge in [-0.1, -0.05) is 200 Å². The van der Waals surface area contributed by atoms with Crippen molar-refractivity contribution in [3.63, 3.8) is 0 Å². The number of ether oxygens (including phenoxy) is 2. The molecule has 9 heteroatoms. The second kappa shape index (κ2) is 39.7. The van der Waals surface area contributed by atoms with Crippen LogP contribution in [0, 0.1) is 0 Å². The number of carbonyl (C=O) groups is 1.